The number of aliphatic hydroxyl groups excluding tert-OH is 1. The van der Waals surface area contributed by atoms with Gasteiger partial charge in [0, 0.05) is 0 Å². The summed E-state index contributed by atoms with van der Waals surface area (Å²) in [6.45, 7) is 2.14. The maximum Gasteiger partial charge on any atom is 0.347 e. The predicted octanol–water partition coefficient (Wildman–Crippen LogP) is 1.17. The summed E-state index contributed by atoms with van der Waals surface area (Å²) in [5, 5.41) is 9.08. The molecule has 9 nitrogen and oxygen atoms in total. The van der Waals surface area contributed by atoms with Gasteiger partial charge in [-0.2, -0.15) is 0 Å². The van der Waals surface area contributed by atoms with E-state index in [1.54, 1.807) is 0 Å². The van der Waals surface area contributed by atoms with Crippen molar-refractivity contribution in [1.29, 1.82) is 0 Å². The molecule has 0 bridgehead atoms. The number of esters is 4. The maximum atomic E-state index is 12.6. The molecule has 0 saturated heterocycles. The molecule has 6 atom stereocenters. The van der Waals surface area contributed by atoms with E-state index >= 15 is 0 Å². The molecule has 0 aromatic heterocycles. The summed E-state index contributed by atoms with van der Waals surface area (Å²) in [6, 6.07) is 0. The topological polar surface area (TPSA) is 125 Å². The third-order valence-electron chi connectivity index (χ3n) is 5.64. The molecule has 0 heterocycles. The lowest BCUT2D eigenvalue weighted by Gasteiger charge is -2.49. The van der Waals surface area contributed by atoms with Gasteiger partial charge in [0.1, 0.15) is 19.3 Å². The van der Waals surface area contributed by atoms with Crippen LogP contribution in [-0.2, 0) is 38.1 Å². The molecule has 2 aliphatic carbocycles. The van der Waals surface area contributed by atoms with Crippen LogP contribution in [0.3, 0.4) is 0 Å². The summed E-state index contributed by atoms with van der Waals surface area (Å²) in [4.78, 5) is 47.9. The Hall–Kier alpha value is -2.42. The first-order chi connectivity index (χ1) is 14.3. The standard InChI is InChI=1S/C21H30O9/c1-12(22)18(23)30-13(2)19(24)28-10-11-29-21(26)17-15-9-7-5-4-6-8-14(15)16(17)20(25)27-3/h4-5,12-17,22H,6-11H2,1-3H3/b5-4+/t12-,13-,14+,15+,16-,17+/m0/s1. The van der Waals surface area contributed by atoms with Gasteiger partial charge in [0.05, 0.1) is 18.9 Å². The second-order valence-corrected chi connectivity index (χ2v) is 7.62. The summed E-state index contributed by atoms with van der Waals surface area (Å²) >= 11 is 0. The van der Waals surface area contributed by atoms with E-state index in [0.717, 1.165) is 25.7 Å². The van der Waals surface area contributed by atoms with Gasteiger partial charge < -0.3 is 24.1 Å². The van der Waals surface area contributed by atoms with Gasteiger partial charge in [-0.1, -0.05) is 12.2 Å². The number of fused-ring (bicyclic) bond motifs is 1. The molecule has 0 aromatic carbocycles. The lowest BCUT2D eigenvalue weighted by molar-refractivity contribution is -0.183. The van der Waals surface area contributed by atoms with Gasteiger partial charge in [-0.3, -0.25) is 9.59 Å². The molecular formula is C21H30O9. The molecule has 0 radical (unpaired) electrons. The number of methoxy groups -OCH3 is 1. The van der Waals surface area contributed by atoms with Gasteiger partial charge in [0.25, 0.3) is 0 Å². The lowest BCUT2D eigenvalue weighted by Crippen LogP contribution is -2.55. The van der Waals surface area contributed by atoms with E-state index in [1.807, 2.05) is 0 Å². The number of aliphatic hydroxyl groups is 1. The van der Waals surface area contributed by atoms with Crippen LogP contribution in [0.2, 0.25) is 0 Å². The quantitative estimate of drug-likeness (QED) is 0.263. The van der Waals surface area contributed by atoms with Crippen LogP contribution in [0.4, 0.5) is 0 Å². The highest BCUT2D eigenvalue weighted by molar-refractivity contribution is 5.85. The molecule has 2 aliphatic rings. The molecule has 0 aromatic rings. The maximum absolute atomic E-state index is 12.6. The fourth-order valence-corrected chi connectivity index (χ4v) is 4.12. The Bertz CT molecular complexity index is 669. The average molecular weight is 426 g/mol. The molecule has 0 amide bonds. The molecule has 1 saturated carbocycles. The van der Waals surface area contributed by atoms with Gasteiger partial charge in [-0.05, 0) is 51.4 Å². The van der Waals surface area contributed by atoms with Crippen LogP contribution in [0, 0.1) is 23.7 Å². The van der Waals surface area contributed by atoms with Gasteiger partial charge in [-0.15, -0.1) is 0 Å². The Labute approximate surface area is 175 Å². The zero-order valence-corrected chi connectivity index (χ0v) is 17.6. The smallest absolute Gasteiger partial charge is 0.347 e. The summed E-state index contributed by atoms with van der Waals surface area (Å²) in [7, 11) is 1.31. The van der Waals surface area contributed by atoms with E-state index in [4.69, 9.17) is 24.1 Å². The minimum atomic E-state index is -1.35. The molecule has 0 unspecified atom stereocenters. The molecular weight excluding hydrogens is 396 g/mol. The van der Waals surface area contributed by atoms with E-state index in [9.17, 15) is 19.2 Å². The van der Waals surface area contributed by atoms with Crippen LogP contribution in [0.5, 0.6) is 0 Å². The summed E-state index contributed by atoms with van der Waals surface area (Å²) in [5.41, 5.74) is 0. The Balaban J connectivity index is 1.82. The van der Waals surface area contributed by atoms with Crippen LogP contribution in [0.25, 0.3) is 0 Å². The SMILES string of the molecule is COC(=O)[C@H]1[C@@H]2CC/C=C/CC[C@H]2[C@H]1C(=O)OCCOC(=O)[C@H](C)OC(=O)[C@H](C)O. The van der Waals surface area contributed by atoms with Crippen molar-refractivity contribution in [2.75, 3.05) is 20.3 Å². The van der Waals surface area contributed by atoms with Crippen molar-refractivity contribution in [3.05, 3.63) is 12.2 Å². The second-order valence-electron chi connectivity index (χ2n) is 7.62. The third kappa shape index (κ3) is 5.81. The van der Waals surface area contributed by atoms with Gasteiger partial charge in [-0.25, -0.2) is 9.59 Å². The molecule has 0 spiro atoms. The van der Waals surface area contributed by atoms with Gasteiger partial charge >= 0.3 is 23.9 Å². The minimum Gasteiger partial charge on any atom is -0.469 e. The van der Waals surface area contributed by atoms with Crippen molar-refractivity contribution < 1.29 is 43.2 Å². The van der Waals surface area contributed by atoms with Crippen LogP contribution >= 0.6 is 0 Å². The Morgan fingerprint density at radius 2 is 1.43 bits per heavy atom. The number of rotatable bonds is 8. The first-order valence-electron chi connectivity index (χ1n) is 10.2. The van der Waals surface area contributed by atoms with Gasteiger partial charge in [0.15, 0.2) is 6.10 Å². The molecule has 9 heteroatoms. The van der Waals surface area contributed by atoms with E-state index < -0.39 is 47.9 Å². The molecule has 1 fully saturated rings. The number of allylic oxidation sites excluding steroid dienone is 2. The monoisotopic (exact) mass is 426 g/mol. The van der Waals surface area contributed by atoms with Crippen LogP contribution in [0.15, 0.2) is 12.2 Å². The lowest BCUT2D eigenvalue weighted by atomic mass is 9.53. The number of hydrogen-bond acceptors (Lipinski definition) is 9. The zero-order valence-electron chi connectivity index (χ0n) is 17.6. The van der Waals surface area contributed by atoms with Crippen molar-refractivity contribution >= 4 is 23.9 Å². The highest BCUT2D eigenvalue weighted by Crippen LogP contribution is 2.52. The van der Waals surface area contributed by atoms with Crippen molar-refractivity contribution in [1.82, 2.24) is 0 Å². The molecule has 30 heavy (non-hydrogen) atoms. The summed E-state index contributed by atoms with van der Waals surface area (Å²) in [5.74, 6) is -3.56. The fraction of sp³-hybridized carbons (Fsp3) is 0.714. The molecule has 168 valence electrons. The first-order valence-corrected chi connectivity index (χ1v) is 10.2. The number of hydrogen-bond donors (Lipinski definition) is 1. The van der Waals surface area contributed by atoms with Crippen LogP contribution < -0.4 is 0 Å². The summed E-state index contributed by atoms with van der Waals surface area (Å²) < 4.78 is 19.8. The fourth-order valence-electron chi connectivity index (χ4n) is 4.12. The molecule has 1 N–H and O–H groups in total. The van der Waals surface area contributed by atoms with Crippen molar-refractivity contribution in [2.45, 2.75) is 51.7 Å². The Morgan fingerprint density at radius 3 is 1.97 bits per heavy atom. The number of carbonyl (C=O) groups is 4. The van der Waals surface area contributed by atoms with Crippen molar-refractivity contribution in [3.8, 4) is 0 Å². The Kier molecular flexibility index (Phi) is 8.83. The highest BCUT2D eigenvalue weighted by atomic mass is 16.6. The molecule has 2 rings (SSSR count). The number of ether oxygens (including phenoxy) is 4. The molecule has 0 aliphatic heterocycles. The van der Waals surface area contributed by atoms with Crippen LogP contribution in [-0.4, -0.2) is 61.5 Å². The predicted molar refractivity (Wildman–Crippen MR) is 103 cm³/mol. The number of carbonyl (C=O) groups excluding carboxylic acids is 4. The third-order valence-corrected chi connectivity index (χ3v) is 5.64. The van der Waals surface area contributed by atoms with E-state index in [2.05, 4.69) is 12.2 Å². The van der Waals surface area contributed by atoms with Crippen molar-refractivity contribution in [3.63, 3.8) is 0 Å². The largest absolute Gasteiger partial charge is 0.469 e. The van der Waals surface area contributed by atoms with Crippen LogP contribution in [0.1, 0.15) is 39.5 Å². The minimum absolute atomic E-state index is 0.0639. The Morgan fingerprint density at radius 1 is 0.900 bits per heavy atom. The second kappa shape index (κ2) is 11.1. The van der Waals surface area contributed by atoms with E-state index in [-0.39, 0.29) is 25.0 Å². The average Bonchev–Trinajstić information content (AvgIpc) is 2.69. The first kappa shape index (κ1) is 23.9. The highest BCUT2D eigenvalue weighted by Gasteiger charge is 2.57. The zero-order chi connectivity index (χ0) is 22.3. The van der Waals surface area contributed by atoms with Crippen molar-refractivity contribution in [2.24, 2.45) is 23.7 Å². The van der Waals surface area contributed by atoms with E-state index in [1.165, 1.54) is 21.0 Å². The van der Waals surface area contributed by atoms with Gasteiger partial charge in [0.2, 0.25) is 0 Å². The van der Waals surface area contributed by atoms with E-state index in [0.29, 0.717) is 0 Å². The normalized spacial score (nSPS) is 28.3. The summed E-state index contributed by atoms with van der Waals surface area (Å²) in [6.07, 6.45) is 4.99.